The van der Waals surface area contributed by atoms with Crippen LogP contribution in [0.2, 0.25) is 10.0 Å². The minimum atomic E-state index is -0.502. The molecule has 0 unspecified atom stereocenters. The van der Waals surface area contributed by atoms with Gasteiger partial charge in [0.15, 0.2) is 17.2 Å². The highest BCUT2D eigenvalue weighted by atomic mass is 35.5. The first-order valence-electron chi connectivity index (χ1n) is 9.36. The Balaban J connectivity index is 1.53. The number of rotatable bonds is 6. The molecule has 0 bridgehead atoms. The van der Waals surface area contributed by atoms with Crippen LogP contribution in [0.1, 0.15) is 16.7 Å². The maximum atomic E-state index is 12.2. The van der Waals surface area contributed by atoms with Gasteiger partial charge in [0.2, 0.25) is 5.90 Å². The van der Waals surface area contributed by atoms with E-state index in [0.717, 1.165) is 16.7 Å². The monoisotopic (exact) mass is 453 g/mol. The Labute approximate surface area is 189 Å². The van der Waals surface area contributed by atoms with E-state index < -0.39 is 5.97 Å². The number of halogens is 2. The molecule has 0 saturated carbocycles. The van der Waals surface area contributed by atoms with Gasteiger partial charge >= 0.3 is 5.97 Å². The number of carbonyl (C=O) groups is 1. The Hall–Kier alpha value is -3.28. The van der Waals surface area contributed by atoms with Crippen LogP contribution in [0.25, 0.3) is 6.08 Å². The molecule has 0 aliphatic carbocycles. The lowest BCUT2D eigenvalue weighted by atomic mass is 10.1. The fraction of sp³-hybridized carbons (Fsp3) is 0.0833. The lowest BCUT2D eigenvalue weighted by Crippen LogP contribution is -2.04. The molecular weight excluding hydrogens is 437 g/mol. The molecule has 1 aliphatic heterocycles. The van der Waals surface area contributed by atoms with Crippen molar-refractivity contribution in [2.75, 3.05) is 7.11 Å². The summed E-state index contributed by atoms with van der Waals surface area (Å²) in [4.78, 5) is 16.5. The molecule has 0 spiro atoms. The van der Waals surface area contributed by atoms with Gasteiger partial charge in [-0.25, -0.2) is 9.79 Å². The summed E-state index contributed by atoms with van der Waals surface area (Å²) >= 11 is 12.0. The van der Waals surface area contributed by atoms with Gasteiger partial charge in [0.1, 0.15) is 6.61 Å². The predicted molar refractivity (Wildman–Crippen MR) is 121 cm³/mol. The van der Waals surface area contributed by atoms with Crippen molar-refractivity contribution in [2.24, 2.45) is 4.99 Å². The minimum Gasteiger partial charge on any atom is -0.493 e. The SMILES string of the molecule is COc1cc(/C=C2\N=C(c3ccccc3)OC2=O)ccc1OCc1ccc(Cl)c(Cl)c1. The Kier molecular flexibility index (Phi) is 6.26. The molecule has 156 valence electrons. The van der Waals surface area contributed by atoms with Gasteiger partial charge in [-0.15, -0.1) is 0 Å². The number of carbonyl (C=O) groups excluding carboxylic acids is 1. The smallest absolute Gasteiger partial charge is 0.363 e. The summed E-state index contributed by atoms with van der Waals surface area (Å²) < 4.78 is 16.6. The van der Waals surface area contributed by atoms with E-state index in [1.807, 2.05) is 42.5 Å². The number of benzene rings is 3. The van der Waals surface area contributed by atoms with Gasteiger partial charge in [0.05, 0.1) is 17.2 Å². The van der Waals surface area contributed by atoms with Crippen LogP contribution in [-0.2, 0) is 16.1 Å². The number of nitrogens with zero attached hydrogens (tertiary/aromatic N) is 1. The lowest BCUT2D eigenvalue weighted by molar-refractivity contribution is -0.129. The molecule has 0 fully saturated rings. The molecule has 7 heteroatoms. The van der Waals surface area contributed by atoms with Crippen molar-refractivity contribution in [2.45, 2.75) is 6.61 Å². The number of cyclic esters (lactones) is 1. The van der Waals surface area contributed by atoms with Crippen molar-refractivity contribution in [1.82, 2.24) is 0 Å². The minimum absolute atomic E-state index is 0.213. The van der Waals surface area contributed by atoms with E-state index in [1.165, 1.54) is 0 Å². The van der Waals surface area contributed by atoms with Crippen LogP contribution in [0.5, 0.6) is 11.5 Å². The van der Waals surface area contributed by atoms with Gasteiger partial charge < -0.3 is 14.2 Å². The van der Waals surface area contributed by atoms with Crippen LogP contribution in [0, 0.1) is 0 Å². The van der Waals surface area contributed by atoms with Gasteiger partial charge in [-0.3, -0.25) is 0 Å². The van der Waals surface area contributed by atoms with Crippen molar-refractivity contribution in [3.8, 4) is 11.5 Å². The molecule has 0 saturated heterocycles. The van der Waals surface area contributed by atoms with E-state index in [0.29, 0.717) is 28.2 Å². The van der Waals surface area contributed by atoms with Crippen LogP contribution >= 0.6 is 23.2 Å². The van der Waals surface area contributed by atoms with Gasteiger partial charge in [-0.2, -0.15) is 0 Å². The Morgan fingerprint density at radius 1 is 0.968 bits per heavy atom. The predicted octanol–water partition coefficient (Wildman–Crippen LogP) is 5.93. The molecule has 3 aromatic rings. The second kappa shape index (κ2) is 9.25. The fourth-order valence-corrected chi connectivity index (χ4v) is 3.28. The maximum absolute atomic E-state index is 12.2. The van der Waals surface area contributed by atoms with Crippen molar-refractivity contribution >= 4 is 41.1 Å². The summed E-state index contributed by atoms with van der Waals surface area (Å²) in [5.74, 6) is 0.856. The number of aliphatic imine (C=N–C) groups is 1. The zero-order valence-electron chi connectivity index (χ0n) is 16.5. The summed E-state index contributed by atoms with van der Waals surface area (Å²) in [6.07, 6.45) is 1.64. The van der Waals surface area contributed by atoms with Crippen LogP contribution in [0.4, 0.5) is 0 Å². The number of methoxy groups -OCH3 is 1. The van der Waals surface area contributed by atoms with E-state index in [1.54, 1.807) is 37.5 Å². The molecular formula is C24H17Cl2NO4. The molecule has 4 rings (SSSR count). The summed E-state index contributed by atoms with van der Waals surface area (Å²) in [5.41, 5.74) is 2.55. The number of hydrogen-bond acceptors (Lipinski definition) is 5. The average molecular weight is 454 g/mol. The van der Waals surface area contributed by atoms with Crippen molar-refractivity contribution in [3.05, 3.63) is 99.2 Å². The first kappa shape index (κ1) is 21.0. The van der Waals surface area contributed by atoms with E-state index in [-0.39, 0.29) is 11.6 Å². The van der Waals surface area contributed by atoms with Crippen molar-refractivity contribution < 1.29 is 19.0 Å². The fourth-order valence-electron chi connectivity index (χ4n) is 2.95. The molecule has 0 amide bonds. The van der Waals surface area contributed by atoms with Gasteiger partial charge in [-0.1, -0.05) is 53.5 Å². The van der Waals surface area contributed by atoms with Gasteiger partial charge in [0.25, 0.3) is 0 Å². The highest BCUT2D eigenvalue weighted by Crippen LogP contribution is 2.31. The first-order valence-corrected chi connectivity index (χ1v) is 10.1. The molecule has 5 nitrogen and oxygen atoms in total. The van der Waals surface area contributed by atoms with Crippen LogP contribution in [0.3, 0.4) is 0 Å². The molecule has 3 aromatic carbocycles. The summed E-state index contributed by atoms with van der Waals surface area (Å²) in [7, 11) is 1.55. The standard InChI is InChI=1S/C24H17Cl2NO4/c1-29-22-13-15(8-10-21(22)30-14-16-7-9-18(25)19(26)11-16)12-20-24(28)31-23(27-20)17-5-3-2-4-6-17/h2-13H,14H2,1H3/b20-12-. The third-order valence-electron chi connectivity index (χ3n) is 4.51. The number of ether oxygens (including phenoxy) is 3. The van der Waals surface area contributed by atoms with Crippen molar-refractivity contribution in [3.63, 3.8) is 0 Å². The number of esters is 1. The average Bonchev–Trinajstić information content (AvgIpc) is 3.15. The van der Waals surface area contributed by atoms with E-state index >= 15 is 0 Å². The zero-order valence-corrected chi connectivity index (χ0v) is 18.0. The third-order valence-corrected chi connectivity index (χ3v) is 5.25. The van der Waals surface area contributed by atoms with Crippen LogP contribution in [-0.4, -0.2) is 19.0 Å². The highest BCUT2D eigenvalue weighted by molar-refractivity contribution is 6.42. The van der Waals surface area contributed by atoms with Gasteiger partial charge in [0, 0.05) is 5.56 Å². The summed E-state index contributed by atoms with van der Waals surface area (Å²) in [6, 6.07) is 19.9. The summed E-state index contributed by atoms with van der Waals surface area (Å²) in [5, 5.41) is 0.958. The molecule has 0 radical (unpaired) electrons. The normalized spacial score (nSPS) is 14.4. The second-order valence-electron chi connectivity index (χ2n) is 6.65. The Morgan fingerprint density at radius 2 is 1.77 bits per heavy atom. The number of hydrogen-bond donors (Lipinski definition) is 0. The van der Waals surface area contributed by atoms with Crippen LogP contribution in [0.15, 0.2) is 77.4 Å². The molecule has 0 atom stereocenters. The van der Waals surface area contributed by atoms with Crippen molar-refractivity contribution in [1.29, 1.82) is 0 Å². The molecule has 31 heavy (non-hydrogen) atoms. The Morgan fingerprint density at radius 3 is 2.52 bits per heavy atom. The molecule has 0 aromatic heterocycles. The Bertz CT molecular complexity index is 1190. The van der Waals surface area contributed by atoms with E-state index in [2.05, 4.69) is 4.99 Å². The van der Waals surface area contributed by atoms with E-state index in [9.17, 15) is 4.79 Å². The quantitative estimate of drug-likeness (QED) is 0.343. The zero-order chi connectivity index (χ0) is 21.8. The van der Waals surface area contributed by atoms with Gasteiger partial charge in [-0.05, 0) is 53.6 Å². The topological polar surface area (TPSA) is 57.1 Å². The van der Waals surface area contributed by atoms with E-state index in [4.69, 9.17) is 37.4 Å². The molecule has 1 heterocycles. The maximum Gasteiger partial charge on any atom is 0.363 e. The first-order chi connectivity index (χ1) is 15.0. The third kappa shape index (κ3) is 4.90. The van der Waals surface area contributed by atoms with Crippen LogP contribution < -0.4 is 9.47 Å². The molecule has 1 aliphatic rings. The largest absolute Gasteiger partial charge is 0.493 e. The summed E-state index contributed by atoms with van der Waals surface area (Å²) in [6.45, 7) is 0.296. The second-order valence-corrected chi connectivity index (χ2v) is 7.46. The lowest BCUT2D eigenvalue weighted by Gasteiger charge is -2.12. The highest BCUT2D eigenvalue weighted by Gasteiger charge is 2.24. The molecule has 0 N–H and O–H groups in total.